The van der Waals surface area contributed by atoms with Crippen LogP contribution in [0.25, 0.3) is 0 Å². The molecule has 0 fully saturated rings. The Labute approximate surface area is 111 Å². The molecular weight excluding hydrogens is 244 g/mol. The number of nitrogens with zero attached hydrogens (tertiary/aromatic N) is 5. The van der Waals surface area contributed by atoms with Crippen LogP contribution in [0.5, 0.6) is 0 Å². The Morgan fingerprint density at radius 1 is 1.42 bits per heavy atom. The van der Waals surface area contributed by atoms with Gasteiger partial charge in [0.05, 0.1) is 11.9 Å². The van der Waals surface area contributed by atoms with Crippen molar-refractivity contribution in [3.8, 4) is 0 Å². The van der Waals surface area contributed by atoms with Gasteiger partial charge in [0.15, 0.2) is 18.1 Å². The van der Waals surface area contributed by atoms with E-state index in [9.17, 15) is 0 Å². The fourth-order valence-electron chi connectivity index (χ4n) is 1.68. The van der Waals surface area contributed by atoms with Gasteiger partial charge in [0.2, 0.25) is 0 Å². The van der Waals surface area contributed by atoms with Crippen LogP contribution in [0.1, 0.15) is 22.6 Å². The van der Waals surface area contributed by atoms with Gasteiger partial charge in [-0.05, 0) is 31.5 Å². The predicted octanol–water partition coefficient (Wildman–Crippen LogP) is 0.664. The molecule has 0 amide bonds. The van der Waals surface area contributed by atoms with E-state index in [2.05, 4.69) is 20.5 Å². The molecule has 2 N–H and O–H groups in total. The largest absolute Gasteiger partial charge is 0.388 e. The number of amidine groups is 1. The van der Waals surface area contributed by atoms with Gasteiger partial charge in [0.25, 0.3) is 0 Å². The zero-order valence-electron chi connectivity index (χ0n) is 11.2. The predicted molar refractivity (Wildman–Crippen MR) is 70.2 cm³/mol. The average Bonchev–Trinajstić information content (AvgIpc) is 2.74. The number of nitrogens with two attached hydrogens (primary N) is 1. The number of rotatable bonds is 4. The number of aryl methyl sites for hydroxylation is 3. The first-order valence-electron chi connectivity index (χ1n) is 5.81. The van der Waals surface area contributed by atoms with E-state index in [-0.39, 0.29) is 12.4 Å². The Balaban J connectivity index is 1.99. The molecule has 0 aromatic carbocycles. The van der Waals surface area contributed by atoms with Crippen LogP contribution < -0.4 is 5.73 Å². The summed E-state index contributed by atoms with van der Waals surface area (Å²) in [4.78, 5) is 9.52. The van der Waals surface area contributed by atoms with Crippen molar-refractivity contribution in [2.24, 2.45) is 17.9 Å². The van der Waals surface area contributed by atoms with Crippen LogP contribution in [0.3, 0.4) is 0 Å². The first kappa shape index (κ1) is 13.0. The highest BCUT2D eigenvalue weighted by molar-refractivity contribution is 5.94. The molecule has 7 heteroatoms. The van der Waals surface area contributed by atoms with Crippen molar-refractivity contribution >= 4 is 5.84 Å². The van der Waals surface area contributed by atoms with Gasteiger partial charge in [-0.3, -0.25) is 9.67 Å². The summed E-state index contributed by atoms with van der Waals surface area (Å²) in [6.07, 6.45) is 1.66. The van der Waals surface area contributed by atoms with Crippen LogP contribution in [-0.2, 0) is 18.5 Å². The van der Waals surface area contributed by atoms with E-state index in [1.165, 1.54) is 0 Å². The highest BCUT2D eigenvalue weighted by atomic mass is 16.6. The minimum Gasteiger partial charge on any atom is -0.388 e. The number of hydrogen-bond acceptors (Lipinski definition) is 5. The van der Waals surface area contributed by atoms with Gasteiger partial charge in [-0.15, -0.1) is 5.10 Å². The molecule has 7 nitrogen and oxygen atoms in total. The van der Waals surface area contributed by atoms with Crippen molar-refractivity contribution in [1.29, 1.82) is 0 Å². The Bertz CT molecular complexity index is 584. The highest BCUT2D eigenvalue weighted by Gasteiger charge is 2.04. The molecule has 2 aromatic rings. The smallest absolute Gasteiger partial charge is 0.192 e. The highest BCUT2D eigenvalue weighted by Crippen LogP contribution is 2.05. The molecule has 0 aliphatic carbocycles. The van der Waals surface area contributed by atoms with Gasteiger partial charge in [-0.1, -0.05) is 10.4 Å². The topological polar surface area (TPSA) is 91.2 Å². The summed E-state index contributed by atoms with van der Waals surface area (Å²) >= 11 is 0. The van der Waals surface area contributed by atoms with E-state index in [1.807, 2.05) is 26.0 Å². The molecule has 0 unspecified atom stereocenters. The lowest BCUT2D eigenvalue weighted by molar-refractivity contribution is 0.127. The van der Waals surface area contributed by atoms with E-state index in [1.54, 1.807) is 17.9 Å². The zero-order chi connectivity index (χ0) is 13.8. The maximum Gasteiger partial charge on any atom is 0.192 e. The molecular formula is C12H16N6O. The summed E-state index contributed by atoms with van der Waals surface area (Å²) in [5.41, 5.74) is 9.10. The number of aromatic nitrogens is 4. The Kier molecular flexibility index (Phi) is 3.74. The molecule has 0 radical (unpaired) electrons. The number of oxime groups is 1. The molecule has 2 heterocycles. The van der Waals surface area contributed by atoms with Gasteiger partial charge < -0.3 is 10.6 Å². The molecule has 2 rings (SSSR count). The molecule has 0 aliphatic rings. The Morgan fingerprint density at radius 2 is 2.21 bits per heavy atom. The van der Waals surface area contributed by atoms with Crippen molar-refractivity contribution < 1.29 is 4.84 Å². The first-order valence-corrected chi connectivity index (χ1v) is 5.81. The maximum atomic E-state index is 5.72. The zero-order valence-corrected chi connectivity index (χ0v) is 11.2. The van der Waals surface area contributed by atoms with Crippen LogP contribution >= 0.6 is 0 Å². The van der Waals surface area contributed by atoms with Crippen LogP contribution in [0.2, 0.25) is 0 Å². The van der Waals surface area contributed by atoms with Crippen molar-refractivity contribution in [3.05, 3.63) is 41.0 Å². The van der Waals surface area contributed by atoms with E-state index in [0.717, 1.165) is 17.0 Å². The van der Waals surface area contributed by atoms with Crippen LogP contribution in [0.4, 0.5) is 0 Å². The second-order valence-electron chi connectivity index (χ2n) is 4.30. The van der Waals surface area contributed by atoms with Crippen LogP contribution in [-0.4, -0.2) is 25.8 Å². The number of hydrogen-bond donors (Lipinski definition) is 1. The SMILES string of the molecule is Cc1cc(C)nc(CO/N=C(\N)c2cn(C)nn2)c1. The maximum absolute atomic E-state index is 5.72. The van der Waals surface area contributed by atoms with E-state index in [4.69, 9.17) is 10.6 Å². The van der Waals surface area contributed by atoms with Crippen molar-refractivity contribution in [2.45, 2.75) is 20.5 Å². The summed E-state index contributed by atoms with van der Waals surface area (Å²) in [6.45, 7) is 4.21. The normalized spacial score (nSPS) is 11.6. The van der Waals surface area contributed by atoms with E-state index < -0.39 is 0 Å². The summed E-state index contributed by atoms with van der Waals surface area (Å²) in [5.74, 6) is 0.192. The average molecular weight is 260 g/mol. The van der Waals surface area contributed by atoms with Gasteiger partial charge in [-0.2, -0.15) is 0 Å². The van der Waals surface area contributed by atoms with E-state index in [0.29, 0.717) is 5.69 Å². The first-order chi connectivity index (χ1) is 9.04. The van der Waals surface area contributed by atoms with Gasteiger partial charge >= 0.3 is 0 Å². The molecule has 19 heavy (non-hydrogen) atoms. The molecule has 100 valence electrons. The second kappa shape index (κ2) is 5.47. The lowest BCUT2D eigenvalue weighted by Crippen LogP contribution is -2.14. The molecule has 0 saturated carbocycles. The summed E-state index contributed by atoms with van der Waals surface area (Å²) in [6, 6.07) is 3.95. The lowest BCUT2D eigenvalue weighted by Gasteiger charge is -2.03. The standard InChI is InChI=1S/C12H16N6O/c1-8-4-9(2)14-10(5-8)7-19-16-12(13)11-6-18(3)17-15-11/h4-6H,7H2,1-3H3,(H2,13,16). The third-order valence-electron chi connectivity index (χ3n) is 2.39. The summed E-state index contributed by atoms with van der Waals surface area (Å²) in [7, 11) is 1.75. The molecule has 0 spiro atoms. The van der Waals surface area contributed by atoms with Crippen LogP contribution in [0, 0.1) is 13.8 Å². The van der Waals surface area contributed by atoms with E-state index >= 15 is 0 Å². The van der Waals surface area contributed by atoms with Crippen molar-refractivity contribution in [1.82, 2.24) is 20.0 Å². The van der Waals surface area contributed by atoms with Gasteiger partial charge in [0, 0.05) is 12.7 Å². The minimum absolute atomic E-state index is 0.192. The summed E-state index contributed by atoms with van der Waals surface area (Å²) in [5, 5.41) is 11.4. The quantitative estimate of drug-likeness (QED) is 0.495. The van der Waals surface area contributed by atoms with Crippen molar-refractivity contribution in [2.75, 3.05) is 0 Å². The molecule has 2 aromatic heterocycles. The molecule has 0 aliphatic heterocycles. The minimum atomic E-state index is 0.192. The third kappa shape index (κ3) is 3.51. The van der Waals surface area contributed by atoms with Crippen molar-refractivity contribution in [3.63, 3.8) is 0 Å². The molecule has 0 atom stereocenters. The Hall–Kier alpha value is -2.44. The van der Waals surface area contributed by atoms with Crippen LogP contribution in [0.15, 0.2) is 23.5 Å². The third-order valence-corrected chi connectivity index (χ3v) is 2.39. The second-order valence-corrected chi connectivity index (χ2v) is 4.30. The fourth-order valence-corrected chi connectivity index (χ4v) is 1.68. The molecule has 0 bridgehead atoms. The monoisotopic (exact) mass is 260 g/mol. The van der Waals surface area contributed by atoms with Gasteiger partial charge in [0.1, 0.15) is 0 Å². The number of pyridine rings is 1. The lowest BCUT2D eigenvalue weighted by atomic mass is 10.2. The molecule has 0 saturated heterocycles. The van der Waals surface area contributed by atoms with Gasteiger partial charge in [-0.25, -0.2) is 0 Å². The fraction of sp³-hybridized carbons (Fsp3) is 0.333. The summed E-state index contributed by atoms with van der Waals surface area (Å²) < 4.78 is 1.54. The Morgan fingerprint density at radius 3 is 2.84 bits per heavy atom.